The molecule has 0 fully saturated rings. The summed E-state index contributed by atoms with van der Waals surface area (Å²) in [6.45, 7) is 10.5. The molecule has 0 spiro atoms. The van der Waals surface area contributed by atoms with Crippen molar-refractivity contribution in [3.63, 3.8) is 0 Å². The highest BCUT2D eigenvalue weighted by Crippen LogP contribution is 2.28. The minimum absolute atomic E-state index is 0. The second-order valence-corrected chi connectivity index (χ2v) is 6.09. The van der Waals surface area contributed by atoms with E-state index >= 15 is 0 Å². The number of carbonyl (C=O) groups is 1. The monoisotopic (exact) mass is 284 g/mol. The van der Waals surface area contributed by atoms with E-state index in [1.807, 2.05) is 19.1 Å². The van der Waals surface area contributed by atoms with Gasteiger partial charge in [-0.05, 0) is 36.0 Å². The number of halogens is 1. The van der Waals surface area contributed by atoms with E-state index in [-0.39, 0.29) is 23.7 Å². The Hall–Kier alpha value is -1.22. The molecule has 0 saturated heterocycles. The Kier molecular flexibility index (Phi) is 6.37. The van der Waals surface area contributed by atoms with Crippen molar-refractivity contribution in [3.8, 4) is 0 Å². The molecule has 0 heterocycles. The topological polar surface area (TPSA) is 55.1 Å². The molecule has 0 saturated carbocycles. The molecule has 108 valence electrons. The molecule has 3 nitrogen and oxygen atoms in total. The Morgan fingerprint density at radius 2 is 1.95 bits per heavy atom. The minimum atomic E-state index is 0. The van der Waals surface area contributed by atoms with Crippen LogP contribution in [0.3, 0.4) is 0 Å². The molecule has 0 aliphatic carbocycles. The van der Waals surface area contributed by atoms with Crippen LogP contribution in [0.25, 0.3) is 0 Å². The van der Waals surface area contributed by atoms with E-state index in [4.69, 9.17) is 5.73 Å². The smallest absolute Gasteiger partial charge is 0.224 e. The molecule has 0 bridgehead atoms. The highest BCUT2D eigenvalue weighted by molar-refractivity contribution is 5.92. The van der Waals surface area contributed by atoms with E-state index in [9.17, 15) is 4.79 Å². The van der Waals surface area contributed by atoms with Crippen LogP contribution in [-0.4, -0.2) is 5.91 Å². The maximum Gasteiger partial charge on any atom is 0.224 e. The van der Waals surface area contributed by atoms with Gasteiger partial charge in [0.2, 0.25) is 5.91 Å². The summed E-state index contributed by atoms with van der Waals surface area (Å²) in [5.74, 6) is 0.380. The predicted molar refractivity (Wildman–Crippen MR) is 84.7 cm³/mol. The fourth-order valence-electron chi connectivity index (χ4n) is 1.56. The average molecular weight is 285 g/mol. The molecular weight excluding hydrogens is 260 g/mol. The number of nitrogen functional groups attached to an aromatic ring is 1. The van der Waals surface area contributed by atoms with Crippen molar-refractivity contribution in [2.24, 2.45) is 11.3 Å². The average Bonchev–Trinajstić information content (AvgIpc) is 2.22. The minimum Gasteiger partial charge on any atom is -0.399 e. The number of amides is 1. The van der Waals surface area contributed by atoms with Crippen LogP contribution < -0.4 is 11.1 Å². The molecule has 19 heavy (non-hydrogen) atoms. The summed E-state index contributed by atoms with van der Waals surface area (Å²) in [6, 6.07) is 5.55. The lowest BCUT2D eigenvalue weighted by atomic mass is 9.80. The van der Waals surface area contributed by atoms with Gasteiger partial charge in [-0.2, -0.15) is 0 Å². The Labute approximate surface area is 122 Å². The first-order valence-electron chi connectivity index (χ1n) is 6.36. The van der Waals surface area contributed by atoms with Crippen molar-refractivity contribution < 1.29 is 4.79 Å². The van der Waals surface area contributed by atoms with Gasteiger partial charge in [-0.25, -0.2) is 0 Å². The van der Waals surface area contributed by atoms with Crippen molar-refractivity contribution in [1.82, 2.24) is 0 Å². The van der Waals surface area contributed by atoms with Gasteiger partial charge < -0.3 is 11.1 Å². The van der Waals surface area contributed by atoms with Crippen molar-refractivity contribution in [2.45, 2.75) is 41.0 Å². The van der Waals surface area contributed by atoms with Crippen LogP contribution in [0.2, 0.25) is 0 Å². The van der Waals surface area contributed by atoms with E-state index in [1.165, 1.54) is 0 Å². The molecule has 0 aliphatic heterocycles. The number of carbonyl (C=O) groups excluding carboxylic acids is 1. The zero-order chi connectivity index (χ0) is 13.9. The molecule has 1 aromatic carbocycles. The van der Waals surface area contributed by atoms with Crippen molar-refractivity contribution in [1.29, 1.82) is 0 Å². The molecule has 1 rings (SSSR count). The molecule has 1 aromatic rings. The van der Waals surface area contributed by atoms with Gasteiger partial charge >= 0.3 is 0 Å². The molecule has 0 radical (unpaired) electrons. The molecule has 1 atom stereocenters. The maximum atomic E-state index is 12.0. The SMILES string of the molecule is Cc1ccc(N)cc1NC(=O)CC(C)C(C)(C)C.Cl. The van der Waals surface area contributed by atoms with E-state index in [0.717, 1.165) is 11.3 Å². The molecule has 1 unspecified atom stereocenters. The Bertz CT molecular complexity index is 438. The van der Waals surface area contributed by atoms with Crippen LogP contribution in [0.5, 0.6) is 0 Å². The predicted octanol–water partition coefficient (Wildman–Crippen LogP) is 4.01. The van der Waals surface area contributed by atoms with Gasteiger partial charge in [0.05, 0.1) is 0 Å². The van der Waals surface area contributed by atoms with Crippen LogP contribution in [0.4, 0.5) is 11.4 Å². The van der Waals surface area contributed by atoms with Crippen LogP contribution in [0, 0.1) is 18.3 Å². The third kappa shape index (κ3) is 5.52. The summed E-state index contributed by atoms with van der Waals surface area (Å²) in [6.07, 6.45) is 0.526. The first-order valence-corrected chi connectivity index (χ1v) is 6.36. The fourth-order valence-corrected chi connectivity index (χ4v) is 1.56. The number of anilines is 2. The van der Waals surface area contributed by atoms with E-state index in [0.29, 0.717) is 18.0 Å². The molecular formula is C15H25ClN2O. The first kappa shape index (κ1) is 17.8. The lowest BCUT2D eigenvalue weighted by molar-refractivity contribution is -0.117. The number of nitrogens with one attached hydrogen (secondary N) is 1. The van der Waals surface area contributed by atoms with Gasteiger partial charge in [0.15, 0.2) is 0 Å². The van der Waals surface area contributed by atoms with Crippen LogP contribution in [-0.2, 0) is 4.79 Å². The van der Waals surface area contributed by atoms with Gasteiger partial charge in [0.1, 0.15) is 0 Å². The first-order chi connectivity index (χ1) is 8.20. The maximum absolute atomic E-state index is 12.0. The molecule has 1 amide bonds. The Balaban J connectivity index is 0.00000324. The summed E-state index contributed by atoms with van der Waals surface area (Å²) in [4.78, 5) is 12.0. The number of benzene rings is 1. The van der Waals surface area contributed by atoms with Gasteiger partial charge in [-0.3, -0.25) is 4.79 Å². The number of rotatable bonds is 3. The molecule has 4 heteroatoms. The van der Waals surface area contributed by atoms with E-state index in [1.54, 1.807) is 6.07 Å². The van der Waals surface area contributed by atoms with Gasteiger partial charge in [0, 0.05) is 17.8 Å². The van der Waals surface area contributed by atoms with Crippen LogP contribution in [0.1, 0.15) is 39.7 Å². The van der Waals surface area contributed by atoms with Gasteiger partial charge in [-0.1, -0.05) is 33.8 Å². The molecule has 0 aromatic heterocycles. The summed E-state index contributed by atoms with van der Waals surface area (Å²) in [5, 5.41) is 2.94. The third-order valence-corrected chi connectivity index (χ3v) is 3.51. The normalized spacial score (nSPS) is 12.5. The zero-order valence-electron chi connectivity index (χ0n) is 12.4. The fraction of sp³-hybridized carbons (Fsp3) is 0.533. The van der Waals surface area contributed by atoms with Crippen molar-refractivity contribution in [2.75, 3.05) is 11.1 Å². The summed E-state index contributed by atoms with van der Waals surface area (Å²) >= 11 is 0. The molecule has 0 aliphatic rings. The molecule has 3 N–H and O–H groups in total. The summed E-state index contributed by atoms with van der Waals surface area (Å²) in [5.41, 5.74) is 8.37. The number of hydrogen-bond acceptors (Lipinski definition) is 2. The number of nitrogens with two attached hydrogens (primary N) is 1. The van der Waals surface area contributed by atoms with Crippen molar-refractivity contribution in [3.05, 3.63) is 23.8 Å². The van der Waals surface area contributed by atoms with Crippen LogP contribution in [0.15, 0.2) is 18.2 Å². The lowest BCUT2D eigenvalue weighted by Gasteiger charge is -2.26. The van der Waals surface area contributed by atoms with Gasteiger partial charge in [0.25, 0.3) is 0 Å². The quantitative estimate of drug-likeness (QED) is 0.824. The second kappa shape index (κ2) is 6.80. The highest BCUT2D eigenvalue weighted by atomic mass is 35.5. The van der Waals surface area contributed by atoms with E-state index < -0.39 is 0 Å². The Morgan fingerprint density at radius 1 is 1.37 bits per heavy atom. The highest BCUT2D eigenvalue weighted by Gasteiger charge is 2.22. The van der Waals surface area contributed by atoms with Gasteiger partial charge in [-0.15, -0.1) is 12.4 Å². The van der Waals surface area contributed by atoms with Crippen LogP contribution >= 0.6 is 12.4 Å². The number of hydrogen-bond donors (Lipinski definition) is 2. The summed E-state index contributed by atoms with van der Waals surface area (Å²) in [7, 11) is 0. The third-order valence-electron chi connectivity index (χ3n) is 3.51. The second-order valence-electron chi connectivity index (χ2n) is 6.09. The lowest BCUT2D eigenvalue weighted by Crippen LogP contribution is -2.24. The zero-order valence-corrected chi connectivity index (χ0v) is 13.2. The largest absolute Gasteiger partial charge is 0.399 e. The number of aryl methyl sites for hydroxylation is 1. The Morgan fingerprint density at radius 3 is 2.47 bits per heavy atom. The summed E-state index contributed by atoms with van der Waals surface area (Å²) < 4.78 is 0. The van der Waals surface area contributed by atoms with E-state index in [2.05, 4.69) is 33.0 Å². The standard InChI is InChI=1S/C15H24N2O.ClH/c1-10-6-7-12(16)9-13(10)17-14(18)8-11(2)15(3,4)5;/h6-7,9,11H,8,16H2,1-5H3,(H,17,18);1H. The van der Waals surface area contributed by atoms with Crippen molar-refractivity contribution >= 4 is 29.7 Å².